The Kier molecular flexibility index (Phi) is 5.20. The van der Waals surface area contributed by atoms with E-state index in [9.17, 15) is 24.3 Å². The topological polar surface area (TPSA) is 93.9 Å². The van der Waals surface area contributed by atoms with Crippen LogP contribution in [0.1, 0.15) is 38.3 Å². The summed E-state index contributed by atoms with van der Waals surface area (Å²) in [4.78, 5) is 28.5. The highest BCUT2D eigenvalue weighted by molar-refractivity contribution is 5.87. The molecule has 3 rings (SSSR count). The first-order valence-corrected chi connectivity index (χ1v) is 9.23. The third-order valence-corrected chi connectivity index (χ3v) is 4.92. The number of halogens is 1. The van der Waals surface area contributed by atoms with Crippen molar-refractivity contribution >= 4 is 12.0 Å². The number of hydrogen-bond donors (Lipinski definition) is 1. The highest BCUT2D eigenvalue weighted by Gasteiger charge is 2.43. The van der Waals surface area contributed by atoms with Crippen LogP contribution in [0.15, 0.2) is 18.2 Å². The lowest BCUT2D eigenvalue weighted by Gasteiger charge is -2.38. The van der Waals surface area contributed by atoms with E-state index in [1.54, 1.807) is 32.9 Å². The summed E-state index contributed by atoms with van der Waals surface area (Å²) in [5.74, 6) is -0.395. The minimum absolute atomic E-state index is 0.0220. The molecule has 0 saturated carbocycles. The fourth-order valence-electron chi connectivity index (χ4n) is 3.65. The van der Waals surface area contributed by atoms with Gasteiger partial charge in [0.2, 0.25) is 5.91 Å². The first-order chi connectivity index (χ1) is 13.1. The van der Waals surface area contributed by atoms with Gasteiger partial charge in [-0.05, 0) is 44.0 Å². The van der Waals surface area contributed by atoms with Crippen LogP contribution in [-0.4, -0.2) is 57.3 Å². The lowest BCUT2D eigenvalue weighted by molar-refractivity contribution is -0.137. The summed E-state index contributed by atoms with van der Waals surface area (Å²) in [5, 5.41) is 19.0. The molecule has 1 aromatic rings. The number of carbonyl (C=O) groups excluding carboxylic acids is 2. The number of carbonyl (C=O) groups is 2. The molecule has 2 aliphatic rings. The van der Waals surface area contributed by atoms with Crippen LogP contribution in [0.4, 0.5) is 9.18 Å². The summed E-state index contributed by atoms with van der Waals surface area (Å²) in [7, 11) is 0. The summed E-state index contributed by atoms with van der Waals surface area (Å²) >= 11 is 0. The van der Waals surface area contributed by atoms with Gasteiger partial charge in [-0.25, -0.2) is 9.18 Å². The number of rotatable bonds is 1. The Hall–Kier alpha value is -2.82. The van der Waals surface area contributed by atoms with Gasteiger partial charge in [0.15, 0.2) is 0 Å². The van der Waals surface area contributed by atoms with Crippen LogP contribution >= 0.6 is 0 Å². The van der Waals surface area contributed by atoms with Gasteiger partial charge in [0.25, 0.3) is 0 Å². The van der Waals surface area contributed by atoms with Crippen LogP contribution in [-0.2, 0) is 22.5 Å². The third-order valence-electron chi connectivity index (χ3n) is 4.92. The third kappa shape index (κ3) is 4.03. The first-order valence-electron chi connectivity index (χ1n) is 9.23. The number of ether oxygens (including phenoxy) is 1. The van der Waals surface area contributed by atoms with Crippen LogP contribution in [0, 0.1) is 11.3 Å². The number of aromatic hydroxyl groups is 1. The van der Waals surface area contributed by atoms with Gasteiger partial charge in [-0.2, -0.15) is 5.26 Å². The molecule has 8 heteroatoms. The molecule has 2 unspecified atom stereocenters. The molecule has 1 fully saturated rings. The normalized spacial score (nSPS) is 24.5. The number of likely N-dealkylation sites (tertiary alicyclic amines) is 1. The van der Waals surface area contributed by atoms with E-state index in [0.29, 0.717) is 0 Å². The number of fused-ring (bicyclic) bond motifs is 1. The molecule has 1 saturated heterocycles. The molecule has 28 heavy (non-hydrogen) atoms. The highest BCUT2D eigenvalue weighted by Crippen LogP contribution is 2.30. The lowest BCUT2D eigenvalue weighted by Crippen LogP contribution is -2.55. The summed E-state index contributed by atoms with van der Waals surface area (Å²) in [6.07, 6.45) is -1.73. The molecule has 1 N–H and O–H groups in total. The van der Waals surface area contributed by atoms with Crippen LogP contribution < -0.4 is 0 Å². The van der Waals surface area contributed by atoms with Gasteiger partial charge < -0.3 is 14.7 Å². The van der Waals surface area contributed by atoms with Gasteiger partial charge in [0, 0.05) is 12.8 Å². The fraction of sp³-hybridized carbons (Fsp3) is 0.550. The second-order valence-electron chi connectivity index (χ2n) is 8.25. The molecule has 7 nitrogen and oxygen atoms in total. The lowest BCUT2D eigenvalue weighted by atomic mass is 9.93. The molecular weight excluding hydrogens is 365 g/mol. The predicted octanol–water partition coefficient (Wildman–Crippen LogP) is 2.52. The Bertz CT molecular complexity index is 830. The average Bonchev–Trinajstić information content (AvgIpc) is 2.99. The Labute approximate surface area is 163 Å². The Morgan fingerprint density at radius 3 is 2.64 bits per heavy atom. The summed E-state index contributed by atoms with van der Waals surface area (Å²) < 4.78 is 19.3. The second kappa shape index (κ2) is 7.30. The zero-order chi connectivity index (χ0) is 20.6. The van der Waals surface area contributed by atoms with Gasteiger partial charge in [0.05, 0.1) is 19.2 Å². The average molecular weight is 389 g/mol. The largest absolute Gasteiger partial charge is 0.508 e. The molecule has 0 radical (unpaired) electrons. The smallest absolute Gasteiger partial charge is 0.411 e. The molecule has 2 aliphatic heterocycles. The van der Waals surface area contributed by atoms with E-state index in [4.69, 9.17) is 4.74 Å². The van der Waals surface area contributed by atoms with Crippen LogP contribution in [0.2, 0.25) is 0 Å². The highest BCUT2D eigenvalue weighted by atomic mass is 19.1. The summed E-state index contributed by atoms with van der Waals surface area (Å²) in [5.41, 5.74) is 0.786. The van der Waals surface area contributed by atoms with E-state index in [0.717, 1.165) is 11.1 Å². The van der Waals surface area contributed by atoms with Crippen molar-refractivity contribution in [2.75, 3.05) is 6.54 Å². The fourth-order valence-corrected chi connectivity index (χ4v) is 3.65. The number of hydrogen-bond acceptors (Lipinski definition) is 5. The maximum atomic E-state index is 13.8. The van der Waals surface area contributed by atoms with E-state index >= 15 is 0 Å². The minimum atomic E-state index is -1.25. The maximum Gasteiger partial charge on any atom is 0.411 e. The Balaban J connectivity index is 1.93. The van der Waals surface area contributed by atoms with Crippen LogP contribution in [0.25, 0.3) is 0 Å². The van der Waals surface area contributed by atoms with E-state index < -0.39 is 35.9 Å². The molecule has 1 aromatic carbocycles. The molecule has 2 heterocycles. The van der Waals surface area contributed by atoms with Gasteiger partial charge in [-0.3, -0.25) is 9.69 Å². The quantitative estimate of drug-likeness (QED) is 0.797. The number of nitrogens with zero attached hydrogens (tertiary/aromatic N) is 3. The predicted molar refractivity (Wildman–Crippen MR) is 98.0 cm³/mol. The van der Waals surface area contributed by atoms with Crippen LogP contribution in [0.5, 0.6) is 5.75 Å². The van der Waals surface area contributed by atoms with Crippen molar-refractivity contribution in [2.24, 2.45) is 0 Å². The molecule has 0 bridgehead atoms. The molecule has 0 aromatic heterocycles. The van der Waals surface area contributed by atoms with Gasteiger partial charge in [-0.1, -0.05) is 6.07 Å². The van der Waals surface area contributed by atoms with E-state index in [2.05, 4.69) is 0 Å². The Morgan fingerprint density at radius 2 is 2.00 bits per heavy atom. The van der Waals surface area contributed by atoms with Crippen molar-refractivity contribution in [1.29, 1.82) is 5.26 Å². The van der Waals surface area contributed by atoms with Gasteiger partial charge in [-0.15, -0.1) is 0 Å². The van der Waals surface area contributed by atoms with Crippen molar-refractivity contribution in [2.45, 2.75) is 64.0 Å². The van der Waals surface area contributed by atoms with E-state index in [1.165, 1.54) is 15.9 Å². The van der Waals surface area contributed by atoms with Crippen molar-refractivity contribution < 1.29 is 23.8 Å². The van der Waals surface area contributed by atoms with Crippen molar-refractivity contribution in [3.05, 3.63) is 29.3 Å². The molecule has 0 aliphatic carbocycles. The minimum Gasteiger partial charge on any atom is -0.508 e. The van der Waals surface area contributed by atoms with Crippen molar-refractivity contribution in [3.63, 3.8) is 0 Å². The SMILES string of the molecule is CC(C)(C)OC(=O)N1Cc2cc(O)ccc2C[C@H]1C(=O)N1CC(F)CC1C#N. The zero-order valence-electron chi connectivity index (χ0n) is 16.2. The number of alkyl halides is 1. The second-order valence-corrected chi connectivity index (χ2v) is 8.25. The van der Waals surface area contributed by atoms with Crippen molar-refractivity contribution in [1.82, 2.24) is 9.80 Å². The van der Waals surface area contributed by atoms with Gasteiger partial charge in [0.1, 0.15) is 29.6 Å². The summed E-state index contributed by atoms with van der Waals surface area (Å²) in [6.45, 7) is 5.11. The number of phenolic OH excluding ortho intramolecular Hbond substituents is 1. The molecule has 0 spiro atoms. The zero-order valence-corrected chi connectivity index (χ0v) is 16.2. The summed E-state index contributed by atoms with van der Waals surface area (Å²) in [6, 6.07) is 5.02. The standard InChI is InChI=1S/C20H24FN3O4/c1-20(2,3)28-19(27)24-10-13-6-16(25)5-4-12(13)7-17(24)18(26)23-11-14(21)8-15(23)9-22/h4-6,14-15,17,25H,7-8,10-11H2,1-3H3/t14?,15?,17-/m0/s1. The Morgan fingerprint density at radius 1 is 1.29 bits per heavy atom. The molecule has 2 amide bonds. The number of benzene rings is 1. The number of phenols is 1. The molecule has 150 valence electrons. The first kappa shape index (κ1) is 19.9. The molecule has 3 atom stereocenters. The maximum absolute atomic E-state index is 13.8. The monoisotopic (exact) mass is 389 g/mol. The number of nitriles is 1. The van der Waals surface area contributed by atoms with E-state index in [-0.39, 0.29) is 31.7 Å². The van der Waals surface area contributed by atoms with Gasteiger partial charge >= 0.3 is 6.09 Å². The van der Waals surface area contributed by atoms with Crippen molar-refractivity contribution in [3.8, 4) is 11.8 Å². The van der Waals surface area contributed by atoms with E-state index in [1.807, 2.05) is 6.07 Å². The molecular formula is C20H24FN3O4. The van der Waals surface area contributed by atoms with Crippen LogP contribution in [0.3, 0.4) is 0 Å². The number of amides is 2.